The van der Waals surface area contributed by atoms with Gasteiger partial charge in [-0.25, -0.2) is 4.99 Å². The average molecular weight is 161 g/mol. The van der Waals surface area contributed by atoms with Gasteiger partial charge in [0.25, 0.3) is 0 Å². The standard InChI is InChI=1S/C10H11NO/c1-7-3-4-9-8(5-7)6-11-10(9)12-2/h3-5H,6H2,1-2H3. The first kappa shape index (κ1) is 7.35. The molecule has 62 valence electrons. The van der Waals surface area contributed by atoms with Gasteiger partial charge in [0.15, 0.2) is 0 Å². The fraction of sp³-hybridized carbons (Fsp3) is 0.300. The van der Waals surface area contributed by atoms with Crippen molar-refractivity contribution in [3.05, 3.63) is 34.9 Å². The van der Waals surface area contributed by atoms with E-state index >= 15 is 0 Å². The fourth-order valence-corrected chi connectivity index (χ4v) is 1.48. The first-order valence-corrected chi connectivity index (χ1v) is 3.99. The molecule has 0 radical (unpaired) electrons. The number of ether oxygens (including phenoxy) is 1. The predicted octanol–water partition coefficient (Wildman–Crippen LogP) is 1.90. The van der Waals surface area contributed by atoms with Crippen molar-refractivity contribution in [2.45, 2.75) is 13.5 Å². The van der Waals surface area contributed by atoms with Crippen LogP contribution in [0.1, 0.15) is 16.7 Å². The molecule has 0 spiro atoms. The van der Waals surface area contributed by atoms with Crippen molar-refractivity contribution in [2.75, 3.05) is 7.11 Å². The van der Waals surface area contributed by atoms with Crippen LogP contribution >= 0.6 is 0 Å². The number of methoxy groups -OCH3 is 1. The molecule has 1 aliphatic rings. The summed E-state index contributed by atoms with van der Waals surface area (Å²) in [5.41, 5.74) is 3.69. The maximum atomic E-state index is 5.13. The van der Waals surface area contributed by atoms with Gasteiger partial charge in [0, 0.05) is 5.56 Å². The van der Waals surface area contributed by atoms with Gasteiger partial charge in [0.2, 0.25) is 5.90 Å². The van der Waals surface area contributed by atoms with Crippen molar-refractivity contribution in [2.24, 2.45) is 4.99 Å². The van der Waals surface area contributed by atoms with Crippen LogP contribution in [0.25, 0.3) is 0 Å². The van der Waals surface area contributed by atoms with Crippen LogP contribution in [0.3, 0.4) is 0 Å². The predicted molar refractivity (Wildman–Crippen MR) is 48.4 cm³/mol. The largest absolute Gasteiger partial charge is 0.481 e. The summed E-state index contributed by atoms with van der Waals surface area (Å²) in [5, 5.41) is 0. The second kappa shape index (κ2) is 2.63. The smallest absolute Gasteiger partial charge is 0.216 e. The molecule has 1 heterocycles. The molecule has 2 rings (SSSR count). The van der Waals surface area contributed by atoms with Crippen LogP contribution in [0, 0.1) is 6.92 Å². The molecule has 0 aromatic heterocycles. The molecule has 0 aliphatic carbocycles. The summed E-state index contributed by atoms with van der Waals surface area (Å²) >= 11 is 0. The summed E-state index contributed by atoms with van der Waals surface area (Å²) < 4.78 is 5.13. The minimum atomic E-state index is 0.764. The maximum Gasteiger partial charge on any atom is 0.216 e. The first-order chi connectivity index (χ1) is 5.81. The molecule has 2 nitrogen and oxygen atoms in total. The Morgan fingerprint density at radius 2 is 2.25 bits per heavy atom. The van der Waals surface area contributed by atoms with Gasteiger partial charge < -0.3 is 4.74 Å². The van der Waals surface area contributed by atoms with Gasteiger partial charge >= 0.3 is 0 Å². The van der Waals surface area contributed by atoms with E-state index in [0.29, 0.717) is 0 Å². The normalized spacial score (nSPS) is 14.0. The van der Waals surface area contributed by atoms with E-state index in [0.717, 1.165) is 18.0 Å². The van der Waals surface area contributed by atoms with Gasteiger partial charge in [-0.15, -0.1) is 0 Å². The number of aliphatic imine (C=N–C) groups is 1. The zero-order valence-electron chi connectivity index (χ0n) is 7.29. The summed E-state index contributed by atoms with van der Waals surface area (Å²) in [6, 6.07) is 6.31. The minimum Gasteiger partial charge on any atom is -0.481 e. The summed E-state index contributed by atoms with van der Waals surface area (Å²) in [7, 11) is 1.66. The van der Waals surface area contributed by atoms with Crippen LogP contribution in [-0.2, 0) is 11.3 Å². The lowest BCUT2D eigenvalue weighted by Gasteiger charge is -2.01. The van der Waals surface area contributed by atoms with Gasteiger partial charge in [0.05, 0.1) is 13.7 Å². The molecular formula is C10H11NO. The van der Waals surface area contributed by atoms with Crippen LogP contribution in [0.4, 0.5) is 0 Å². The SMILES string of the molecule is COC1=NCc2cc(C)ccc21. The Balaban J connectivity index is 2.47. The van der Waals surface area contributed by atoms with E-state index in [1.807, 2.05) is 0 Å². The molecule has 0 N–H and O–H groups in total. The van der Waals surface area contributed by atoms with Crippen molar-refractivity contribution in [1.82, 2.24) is 0 Å². The summed E-state index contributed by atoms with van der Waals surface area (Å²) in [4.78, 5) is 4.26. The van der Waals surface area contributed by atoms with Crippen molar-refractivity contribution >= 4 is 5.90 Å². The van der Waals surface area contributed by atoms with Gasteiger partial charge in [-0.3, -0.25) is 0 Å². The lowest BCUT2D eigenvalue weighted by Crippen LogP contribution is -2.00. The van der Waals surface area contributed by atoms with Gasteiger partial charge in [-0.05, 0) is 18.6 Å². The lowest BCUT2D eigenvalue weighted by atomic mass is 10.1. The van der Waals surface area contributed by atoms with Crippen molar-refractivity contribution < 1.29 is 4.74 Å². The Labute approximate surface area is 71.9 Å². The van der Waals surface area contributed by atoms with Crippen LogP contribution in [0.15, 0.2) is 23.2 Å². The molecule has 1 aliphatic heterocycles. The van der Waals surface area contributed by atoms with Crippen LogP contribution in [0.5, 0.6) is 0 Å². The number of hydrogen-bond acceptors (Lipinski definition) is 2. The molecule has 1 aromatic carbocycles. The third-order valence-corrected chi connectivity index (χ3v) is 2.08. The molecular weight excluding hydrogens is 150 g/mol. The highest BCUT2D eigenvalue weighted by Gasteiger charge is 2.15. The van der Waals surface area contributed by atoms with Crippen molar-refractivity contribution in [3.8, 4) is 0 Å². The number of rotatable bonds is 0. The molecule has 0 saturated carbocycles. The average Bonchev–Trinajstić information content (AvgIpc) is 2.46. The Kier molecular flexibility index (Phi) is 1.61. The van der Waals surface area contributed by atoms with E-state index in [1.54, 1.807) is 7.11 Å². The van der Waals surface area contributed by atoms with Crippen LogP contribution < -0.4 is 0 Å². The third kappa shape index (κ3) is 0.998. The lowest BCUT2D eigenvalue weighted by molar-refractivity contribution is 0.405. The van der Waals surface area contributed by atoms with E-state index in [4.69, 9.17) is 4.74 Å². The Bertz CT molecular complexity index is 342. The zero-order valence-corrected chi connectivity index (χ0v) is 7.29. The second-order valence-electron chi connectivity index (χ2n) is 2.99. The fourth-order valence-electron chi connectivity index (χ4n) is 1.48. The molecule has 1 aromatic rings. The van der Waals surface area contributed by atoms with E-state index in [9.17, 15) is 0 Å². The second-order valence-corrected chi connectivity index (χ2v) is 2.99. The number of fused-ring (bicyclic) bond motifs is 1. The van der Waals surface area contributed by atoms with Gasteiger partial charge in [0.1, 0.15) is 0 Å². The third-order valence-electron chi connectivity index (χ3n) is 2.08. The number of benzene rings is 1. The zero-order chi connectivity index (χ0) is 8.55. The molecule has 0 unspecified atom stereocenters. The van der Waals surface area contributed by atoms with E-state index in [1.165, 1.54) is 11.1 Å². The Hall–Kier alpha value is -1.31. The molecule has 0 bridgehead atoms. The first-order valence-electron chi connectivity index (χ1n) is 3.99. The molecule has 2 heteroatoms. The summed E-state index contributed by atoms with van der Waals surface area (Å²) in [5.74, 6) is 0.769. The van der Waals surface area contributed by atoms with E-state index in [2.05, 4.69) is 30.1 Å². The Morgan fingerprint density at radius 1 is 1.42 bits per heavy atom. The van der Waals surface area contributed by atoms with Gasteiger partial charge in [-0.1, -0.05) is 17.7 Å². The molecule has 0 amide bonds. The molecule has 0 fully saturated rings. The quantitative estimate of drug-likeness (QED) is 0.569. The Morgan fingerprint density at radius 3 is 3.00 bits per heavy atom. The van der Waals surface area contributed by atoms with Crippen molar-refractivity contribution in [3.63, 3.8) is 0 Å². The maximum absolute atomic E-state index is 5.13. The highest BCUT2D eigenvalue weighted by Crippen LogP contribution is 2.20. The topological polar surface area (TPSA) is 21.6 Å². The van der Waals surface area contributed by atoms with E-state index < -0.39 is 0 Å². The van der Waals surface area contributed by atoms with Crippen LogP contribution in [-0.4, -0.2) is 13.0 Å². The minimum absolute atomic E-state index is 0.764. The highest BCUT2D eigenvalue weighted by molar-refractivity contribution is 5.97. The molecule has 0 atom stereocenters. The molecule has 12 heavy (non-hydrogen) atoms. The number of hydrogen-bond donors (Lipinski definition) is 0. The summed E-state index contributed by atoms with van der Waals surface area (Å²) in [6.45, 7) is 2.85. The number of nitrogens with zero attached hydrogens (tertiary/aromatic N) is 1. The van der Waals surface area contributed by atoms with Crippen molar-refractivity contribution in [1.29, 1.82) is 0 Å². The van der Waals surface area contributed by atoms with Crippen LogP contribution in [0.2, 0.25) is 0 Å². The highest BCUT2D eigenvalue weighted by atomic mass is 16.5. The van der Waals surface area contributed by atoms with Gasteiger partial charge in [-0.2, -0.15) is 0 Å². The summed E-state index contributed by atoms with van der Waals surface area (Å²) in [6.07, 6.45) is 0. The number of aryl methyl sites for hydroxylation is 1. The van der Waals surface area contributed by atoms with E-state index in [-0.39, 0.29) is 0 Å². The monoisotopic (exact) mass is 161 g/mol. The molecule has 0 saturated heterocycles.